The first-order valence-corrected chi connectivity index (χ1v) is 10.1. The van der Waals surface area contributed by atoms with E-state index in [0.717, 1.165) is 39.0 Å². The SMILES string of the molecule is CCCCC(Cl)CP(=O)(N1CCCC1)N1CCCC1. The molecule has 0 radical (unpaired) electrons. The Labute approximate surface area is 123 Å². The van der Waals surface area contributed by atoms with Gasteiger partial charge in [0.15, 0.2) is 0 Å². The van der Waals surface area contributed by atoms with Crippen LogP contribution in [0.2, 0.25) is 0 Å². The monoisotopic (exact) mass is 306 g/mol. The molecular weight excluding hydrogens is 279 g/mol. The number of nitrogens with zero attached hydrogens (tertiary/aromatic N) is 2. The van der Waals surface area contributed by atoms with E-state index in [1.54, 1.807) is 0 Å². The average molecular weight is 307 g/mol. The fourth-order valence-corrected chi connectivity index (χ4v) is 7.24. The maximum atomic E-state index is 13.6. The van der Waals surface area contributed by atoms with Gasteiger partial charge in [0.25, 0.3) is 0 Å². The molecule has 2 fully saturated rings. The van der Waals surface area contributed by atoms with Crippen LogP contribution in [0.1, 0.15) is 51.9 Å². The number of hydrogen-bond donors (Lipinski definition) is 0. The standard InChI is InChI=1S/C14H28ClN2OP/c1-2-3-8-14(15)13-19(18,16-9-4-5-10-16)17-11-6-7-12-17/h14H,2-13H2,1H3. The lowest BCUT2D eigenvalue weighted by Crippen LogP contribution is -2.32. The quantitative estimate of drug-likeness (QED) is 0.521. The van der Waals surface area contributed by atoms with Gasteiger partial charge in [0.2, 0.25) is 7.44 Å². The topological polar surface area (TPSA) is 23.6 Å². The van der Waals surface area contributed by atoms with Crippen LogP contribution >= 0.6 is 19.0 Å². The second-order valence-electron chi connectivity index (χ2n) is 5.91. The Morgan fingerprint density at radius 2 is 1.53 bits per heavy atom. The van der Waals surface area contributed by atoms with Gasteiger partial charge in [0.05, 0.1) is 0 Å². The van der Waals surface area contributed by atoms with E-state index in [9.17, 15) is 4.57 Å². The van der Waals surface area contributed by atoms with Crippen molar-refractivity contribution in [3.8, 4) is 0 Å². The predicted molar refractivity (Wildman–Crippen MR) is 83.3 cm³/mol. The van der Waals surface area contributed by atoms with Crippen LogP contribution in [0.4, 0.5) is 0 Å². The van der Waals surface area contributed by atoms with Crippen LogP contribution < -0.4 is 0 Å². The summed E-state index contributed by atoms with van der Waals surface area (Å²) in [5.74, 6) is 0. The molecule has 2 aliphatic heterocycles. The van der Waals surface area contributed by atoms with Crippen molar-refractivity contribution in [3.05, 3.63) is 0 Å². The van der Waals surface area contributed by atoms with Gasteiger partial charge in [-0.2, -0.15) is 0 Å². The summed E-state index contributed by atoms with van der Waals surface area (Å²) in [6.07, 6.45) is 8.78. The summed E-state index contributed by atoms with van der Waals surface area (Å²) in [7, 11) is -2.38. The van der Waals surface area contributed by atoms with E-state index < -0.39 is 7.44 Å². The molecule has 0 N–H and O–H groups in total. The highest BCUT2D eigenvalue weighted by atomic mass is 35.5. The third-order valence-electron chi connectivity index (χ3n) is 4.36. The third-order valence-corrected chi connectivity index (χ3v) is 8.43. The Hall–Kier alpha value is 0.440. The number of unbranched alkanes of at least 4 members (excludes halogenated alkanes) is 1. The highest BCUT2D eigenvalue weighted by Crippen LogP contribution is 2.57. The summed E-state index contributed by atoms with van der Waals surface area (Å²) in [4.78, 5) is 0. The van der Waals surface area contributed by atoms with Gasteiger partial charge in [-0.15, -0.1) is 11.6 Å². The molecular formula is C14H28ClN2OP. The predicted octanol–water partition coefficient (Wildman–Crippen LogP) is 4.17. The van der Waals surface area contributed by atoms with Gasteiger partial charge >= 0.3 is 0 Å². The maximum Gasteiger partial charge on any atom is 0.217 e. The zero-order valence-corrected chi connectivity index (χ0v) is 13.8. The summed E-state index contributed by atoms with van der Waals surface area (Å²) < 4.78 is 18.1. The summed E-state index contributed by atoms with van der Waals surface area (Å²) in [5, 5.41) is 0.0759. The fraction of sp³-hybridized carbons (Fsp3) is 1.00. The Bertz CT molecular complexity index is 295. The van der Waals surface area contributed by atoms with Crippen LogP contribution in [0.3, 0.4) is 0 Å². The Morgan fingerprint density at radius 3 is 1.95 bits per heavy atom. The van der Waals surface area contributed by atoms with Crippen molar-refractivity contribution in [2.75, 3.05) is 32.3 Å². The highest BCUT2D eigenvalue weighted by molar-refractivity contribution is 7.59. The van der Waals surface area contributed by atoms with E-state index in [1.165, 1.54) is 32.1 Å². The van der Waals surface area contributed by atoms with E-state index in [0.29, 0.717) is 6.16 Å². The number of halogens is 1. The molecule has 5 heteroatoms. The van der Waals surface area contributed by atoms with Crippen LogP contribution in [0.15, 0.2) is 0 Å². The second-order valence-corrected chi connectivity index (χ2v) is 9.35. The van der Waals surface area contributed by atoms with E-state index in [1.807, 2.05) is 0 Å². The minimum Gasteiger partial charge on any atom is -0.289 e. The first kappa shape index (κ1) is 15.8. The van der Waals surface area contributed by atoms with E-state index in [-0.39, 0.29) is 5.38 Å². The largest absolute Gasteiger partial charge is 0.289 e. The molecule has 1 atom stereocenters. The minimum atomic E-state index is -2.38. The molecule has 0 aromatic heterocycles. The van der Waals surface area contributed by atoms with Crippen molar-refractivity contribution in [3.63, 3.8) is 0 Å². The zero-order valence-electron chi connectivity index (χ0n) is 12.2. The van der Waals surface area contributed by atoms with E-state index in [2.05, 4.69) is 16.3 Å². The fourth-order valence-electron chi connectivity index (χ4n) is 3.21. The molecule has 0 amide bonds. The van der Waals surface area contributed by atoms with Gasteiger partial charge in [0.1, 0.15) is 0 Å². The van der Waals surface area contributed by atoms with Crippen molar-refractivity contribution in [1.82, 2.24) is 9.34 Å². The molecule has 2 heterocycles. The van der Waals surface area contributed by atoms with Crippen molar-refractivity contribution >= 4 is 19.0 Å². The van der Waals surface area contributed by atoms with Crippen molar-refractivity contribution in [2.24, 2.45) is 0 Å². The third kappa shape index (κ3) is 3.97. The van der Waals surface area contributed by atoms with Gasteiger partial charge in [-0.25, -0.2) is 9.34 Å². The molecule has 0 aromatic carbocycles. The zero-order chi connectivity index (χ0) is 13.7. The molecule has 0 bridgehead atoms. The molecule has 2 aliphatic rings. The van der Waals surface area contributed by atoms with Gasteiger partial charge < -0.3 is 0 Å². The van der Waals surface area contributed by atoms with E-state index >= 15 is 0 Å². The van der Waals surface area contributed by atoms with Crippen molar-refractivity contribution < 1.29 is 4.57 Å². The molecule has 112 valence electrons. The second kappa shape index (κ2) is 7.45. The first-order valence-electron chi connectivity index (χ1n) is 7.91. The molecule has 3 nitrogen and oxygen atoms in total. The molecule has 2 rings (SSSR count). The summed E-state index contributed by atoms with van der Waals surface area (Å²) in [6, 6.07) is 0. The van der Waals surface area contributed by atoms with Crippen LogP contribution in [0, 0.1) is 0 Å². The summed E-state index contributed by atoms with van der Waals surface area (Å²) in [6.45, 7) is 6.21. The molecule has 0 spiro atoms. The first-order chi connectivity index (χ1) is 9.16. The van der Waals surface area contributed by atoms with Crippen LogP contribution in [0.5, 0.6) is 0 Å². The Balaban J connectivity index is 2.02. The molecule has 2 saturated heterocycles. The van der Waals surface area contributed by atoms with Crippen LogP contribution in [-0.2, 0) is 4.57 Å². The van der Waals surface area contributed by atoms with Gasteiger partial charge in [-0.05, 0) is 32.1 Å². The lowest BCUT2D eigenvalue weighted by Gasteiger charge is -2.36. The van der Waals surface area contributed by atoms with Gasteiger partial charge in [0, 0.05) is 37.7 Å². The molecule has 0 aliphatic carbocycles. The lowest BCUT2D eigenvalue weighted by molar-refractivity contribution is 0.391. The summed E-state index contributed by atoms with van der Waals surface area (Å²) >= 11 is 6.48. The lowest BCUT2D eigenvalue weighted by atomic mass is 10.2. The normalized spacial score (nSPS) is 24.1. The van der Waals surface area contributed by atoms with Gasteiger partial charge in [-0.3, -0.25) is 4.57 Å². The van der Waals surface area contributed by atoms with Crippen LogP contribution in [-0.4, -0.2) is 47.1 Å². The number of alkyl halides is 1. The Morgan fingerprint density at radius 1 is 1.05 bits per heavy atom. The number of rotatable bonds is 7. The van der Waals surface area contributed by atoms with Crippen LogP contribution in [0.25, 0.3) is 0 Å². The molecule has 0 aromatic rings. The minimum absolute atomic E-state index is 0.0759. The molecule has 1 unspecified atom stereocenters. The highest BCUT2D eigenvalue weighted by Gasteiger charge is 2.40. The van der Waals surface area contributed by atoms with Crippen molar-refractivity contribution in [1.29, 1.82) is 0 Å². The summed E-state index contributed by atoms with van der Waals surface area (Å²) in [5.41, 5.74) is 0. The van der Waals surface area contributed by atoms with Crippen molar-refractivity contribution in [2.45, 2.75) is 57.2 Å². The number of hydrogen-bond acceptors (Lipinski definition) is 1. The Kier molecular flexibility index (Phi) is 6.20. The molecule has 19 heavy (non-hydrogen) atoms. The maximum absolute atomic E-state index is 13.6. The average Bonchev–Trinajstić information content (AvgIpc) is 3.07. The van der Waals surface area contributed by atoms with E-state index in [4.69, 9.17) is 11.6 Å². The molecule has 0 saturated carbocycles. The smallest absolute Gasteiger partial charge is 0.217 e. The van der Waals surface area contributed by atoms with Gasteiger partial charge in [-0.1, -0.05) is 19.8 Å².